The average Bonchev–Trinajstić information content (AvgIpc) is 2.73. The van der Waals surface area contributed by atoms with Crippen LogP contribution in [0.25, 0.3) is 0 Å². The van der Waals surface area contributed by atoms with Crippen LogP contribution in [-0.4, -0.2) is 50.0 Å². The minimum atomic E-state index is -1.40. The molecule has 3 rings (SSSR count). The van der Waals surface area contributed by atoms with Crippen molar-refractivity contribution in [1.82, 2.24) is 4.90 Å². The van der Waals surface area contributed by atoms with Crippen LogP contribution in [0.5, 0.6) is 0 Å². The summed E-state index contributed by atoms with van der Waals surface area (Å²) in [4.78, 5) is 40.7. The third-order valence-electron chi connectivity index (χ3n) is 4.69. The molecule has 0 saturated carbocycles. The Morgan fingerprint density at radius 1 is 1.03 bits per heavy atom. The molecule has 2 aromatic carbocycles. The van der Waals surface area contributed by atoms with Crippen molar-refractivity contribution < 1.29 is 23.9 Å². The Hall–Kier alpha value is -2.63. The summed E-state index contributed by atoms with van der Waals surface area (Å²) in [6, 6.07) is 18.8. The number of imide groups is 1. The Kier molecular flexibility index (Phi) is 7.19. The van der Waals surface area contributed by atoms with Crippen LogP contribution in [0.3, 0.4) is 0 Å². The van der Waals surface area contributed by atoms with Crippen LogP contribution in [0, 0.1) is 0 Å². The molecule has 1 heterocycles. The van der Waals surface area contributed by atoms with Gasteiger partial charge in [-0.25, -0.2) is 0 Å². The second kappa shape index (κ2) is 9.67. The molecule has 1 unspecified atom stereocenters. The van der Waals surface area contributed by atoms with Gasteiger partial charge >= 0.3 is 189 Å². The second-order valence-corrected chi connectivity index (χ2v) is 11.2. The van der Waals surface area contributed by atoms with E-state index in [2.05, 4.69) is 0 Å². The first-order chi connectivity index (χ1) is 14.7. The molecular weight excluding hydrogens is 461 g/mol. The van der Waals surface area contributed by atoms with Gasteiger partial charge in [0.25, 0.3) is 0 Å². The standard InChI is InChI=1S/C24H27NO5Se/c1-23(2,3)30-22(28)25-16-10-15-24(20(25)26,31-19-13-8-5-9-14-19)21(27)29-17-18-11-6-4-7-12-18/h4-9,11-14H,10,15-17H2,1-3H3. The van der Waals surface area contributed by atoms with Crippen LogP contribution < -0.4 is 4.46 Å². The summed E-state index contributed by atoms with van der Waals surface area (Å²) in [5.41, 5.74) is 0.0982. The van der Waals surface area contributed by atoms with Crippen molar-refractivity contribution in [3.05, 3.63) is 66.2 Å². The molecule has 2 aromatic rings. The number of hydrogen-bond donors (Lipinski definition) is 0. The minimum absolute atomic E-state index is 0.0754. The monoisotopic (exact) mass is 489 g/mol. The van der Waals surface area contributed by atoms with Gasteiger partial charge in [0, 0.05) is 0 Å². The molecule has 6 nitrogen and oxygen atoms in total. The molecule has 0 aromatic heterocycles. The van der Waals surface area contributed by atoms with Gasteiger partial charge in [-0.2, -0.15) is 0 Å². The van der Waals surface area contributed by atoms with E-state index in [0.29, 0.717) is 12.8 Å². The van der Waals surface area contributed by atoms with Gasteiger partial charge in [-0.05, 0) is 0 Å². The Morgan fingerprint density at radius 3 is 2.26 bits per heavy atom. The molecule has 0 aliphatic carbocycles. The molecule has 1 atom stereocenters. The summed E-state index contributed by atoms with van der Waals surface area (Å²) in [6.45, 7) is 5.54. The molecule has 2 amide bonds. The van der Waals surface area contributed by atoms with Crippen LogP contribution in [0.15, 0.2) is 60.7 Å². The second-order valence-electron chi connectivity index (χ2n) is 8.34. The molecule has 0 N–H and O–H groups in total. The van der Waals surface area contributed by atoms with Crippen molar-refractivity contribution >= 4 is 37.4 Å². The number of amides is 2. The van der Waals surface area contributed by atoms with Gasteiger partial charge in [0.2, 0.25) is 0 Å². The molecular formula is C24H27NO5Se. The number of benzene rings is 2. The van der Waals surface area contributed by atoms with Crippen LogP contribution in [0.4, 0.5) is 4.79 Å². The SMILES string of the molecule is CC(C)(C)OC(=O)N1CCCC([Se]c2ccccc2)(C(=O)OCc2ccccc2)C1=O. The molecule has 1 fully saturated rings. The number of nitrogens with zero attached hydrogens (tertiary/aromatic N) is 1. The van der Waals surface area contributed by atoms with Crippen molar-refractivity contribution in [2.75, 3.05) is 6.54 Å². The van der Waals surface area contributed by atoms with Crippen LogP contribution >= 0.6 is 0 Å². The number of ether oxygens (including phenoxy) is 2. The van der Waals surface area contributed by atoms with Gasteiger partial charge < -0.3 is 0 Å². The molecule has 0 bridgehead atoms. The molecule has 0 spiro atoms. The number of carbonyl (C=O) groups is 3. The van der Waals surface area contributed by atoms with Gasteiger partial charge in [-0.1, -0.05) is 0 Å². The number of hydrogen-bond acceptors (Lipinski definition) is 5. The van der Waals surface area contributed by atoms with Crippen molar-refractivity contribution in [2.24, 2.45) is 0 Å². The van der Waals surface area contributed by atoms with Crippen molar-refractivity contribution in [3.63, 3.8) is 0 Å². The number of piperidine rings is 1. The van der Waals surface area contributed by atoms with E-state index in [4.69, 9.17) is 9.47 Å². The van der Waals surface area contributed by atoms with Crippen molar-refractivity contribution in [2.45, 2.75) is 50.1 Å². The van der Waals surface area contributed by atoms with E-state index >= 15 is 0 Å². The number of carbonyl (C=O) groups excluding carboxylic acids is 3. The Balaban J connectivity index is 1.88. The number of likely N-dealkylation sites (tertiary alicyclic amines) is 1. The maximum absolute atomic E-state index is 13.6. The summed E-state index contributed by atoms with van der Waals surface area (Å²) >= 11 is -0.556. The fourth-order valence-corrected chi connectivity index (χ4v) is 5.95. The zero-order valence-electron chi connectivity index (χ0n) is 18.0. The van der Waals surface area contributed by atoms with Gasteiger partial charge in [-0.3, -0.25) is 0 Å². The van der Waals surface area contributed by atoms with E-state index in [1.54, 1.807) is 20.8 Å². The summed E-state index contributed by atoms with van der Waals surface area (Å²) in [5, 5.41) is 0. The zero-order chi connectivity index (χ0) is 22.5. The first-order valence-electron chi connectivity index (χ1n) is 10.2. The molecule has 1 saturated heterocycles. The Labute approximate surface area is 189 Å². The normalized spacial score (nSPS) is 19.1. The molecule has 7 heteroatoms. The third-order valence-corrected chi connectivity index (χ3v) is 7.63. The van der Waals surface area contributed by atoms with E-state index in [9.17, 15) is 14.4 Å². The van der Waals surface area contributed by atoms with Gasteiger partial charge in [0.05, 0.1) is 0 Å². The summed E-state index contributed by atoms with van der Waals surface area (Å²) in [7, 11) is 0. The quantitative estimate of drug-likeness (QED) is 0.366. The van der Waals surface area contributed by atoms with Crippen LogP contribution in [-0.2, 0) is 25.7 Å². The first kappa shape index (κ1) is 23.0. The molecule has 0 radical (unpaired) electrons. The van der Waals surface area contributed by atoms with Crippen molar-refractivity contribution in [3.8, 4) is 0 Å². The van der Waals surface area contributed by atoms with Gasteiger partial charge in [-0.15, -0.1) is 0 Å². The van der Waals surface area contributed by atoms with Gasteiger partial charge in [0.1, 0.15) is 0 Å². The summed E-state index contributed by atoms with van der Waals surface area (Å²) in [6.07, 6.45) is 0.134. The number of esters is 1. The molecule has 31 heavy (non-hydrogen) atoms. The van der Waals surface area contributed by atoms with E-state index in [1.807, 2.05) is 60.7 Å². The Morgan fingerprint density at radius 2 is 1.65 bits per heavy atom. The predicted octanol–water partition coefficient (Wildman–Crippen LogP) is 3.48. The molecule has 1 aliphatic rings. The fourth-order valence-electron chi connectivity index (χ4n) is 3.26. The van der Waals surface area contributed by atoms with E-state index in [-0.39, 0.29) is 13.2 Å². The third kappa shape index (κ3) is 5.75. The van der Waals surface area contributed by atoms with Crippen LogP contribution in [0.2, 0.25) is 4.31 Å². The fraction of sp³-hybridized carbons (Fsp3) is 0.375. The van der Waals surface area contributed by atoms with E-state index < -0.39 is 42.8 Å². The van der Waals surface area contributed by atoms with E-state index in [0.717, 1.165) is 14.9 Å². The summed E-state index contributed by atoms with van der Waals surface area (Å²) in [5.74, 6) is -1.12. The number of rotatable bonds is 5. The topological polar surface area (TPSA) is 72.9 Å². The average molecular weight is 488 g/mol. The maximum atomic E-state index is 13.6. The van der Waals surface area contributed by atoms with Gasteiger partial charge in [0.15, 0.2) is 0 Å². The summed E-state index contributed by atoms with van der Waals surface area (Å²) < 4.78 is 10.5. The van der Waals surface area contributed by atoms with E-state index in [1.165, 1.54) is 0 Å². The molecule has 164 valence electrons. The van der Waals surface area contributed by atoms with Crippen molar-refractivity contribution in [1.29, 1.82) is 0 Å². The van der Waals surface area contributed by atoms with Crippen LogP contribution in [0.1, 0.15) is 39.2 Å². The predicted molar refractivity (Wildman–Crippen MR) is 118 cm³/mol. The Bertz CT molecular complexity index is 926. The first-order valence-corrected chi connectivity index (χ1v) is 11.9. The molecule has 1 aliphatic heterocycles. The zero-order valence-corrected chi connectivity index (χ0v) is 19.7.